The van der Waals surface area contributed by atoms with Crippen molar-refractivity contribution >= 4 is 11.8 Å². The molecule has 1 N–H and O–H groups in total. The monoisotopic (exact) mass is 279 g/mol. The van der Waals surface area contributed by atoms with Crippen LogP contribution in [0, 0.1) is 0 Å². The Morgan fingerprint density at radius 1 is 1.16 bits per heavy atom. The Bertz CT molecular complexity index is 371. The summed E-state index contributed by atoms with van der Waals surface area (Å²) in [4.78, 5) is 1.33. The second kappa shape index (κ2) is 7.32. The molecule has 1 fully saturated rings. The maximum absolute atomic E-state index is 5.42. The van der Waals surface area contributed by atoms with Crippen LogP contribution >= 0.6 is 11.8 Å². The van der Waals surface area contributed by atoms with Gasteiger partial charge in [-0.1, -0.05) is 12.1 Å². The molecule has 0 radical (unpaired) electrons. The first-order valence-electron chi connectivity index (χ1n) is 7.15. The van der Waals surface area contributed by atoms with Gasteiger partial charge in [0.2, 0.25) is 0 Å². The van der Waals surface area contributed by atoms with Gasteiger partial charge in [0, 0.05) is 24.1 Å². The lowest BCUT2D eigenvalue weighted by Gasteiger charge is -2.30. The zero-order chi connectivity index (χ0) is 13.7. The van der Waals surface area contributed by atoms with Crippen LogP contribution in [0.5, 0.6) is 0 Å². The largest absolute Gasteiger partial charge is 0.381 e. The zero-order valence-electron chi connectivity index (χ0n) is 12.2. The van der Waals surface area contributed by atoms with Gasteiger partial charge in [-0.3, -0.25) is 0 Å². The molecule has 1 aliphatic rings. The highest BCUT2D eigenvalue weighted by molar-refractivity contribution is 7.98. The Labute approximate surface area is 121 Å². The summed E-state index contributed by atoms with van der Waals surface area (Å²) in [7, 11) is 1.83. The topological polar surface area (TPSA) is 21.3 Å². The predicted molar refractivity (Wildman–Crippen MR) is 82.8 cm³/mol. The molecule has 2 nitrogen and oxygen atoms in total. The smallest absolute Gasteiger partial charge is 0.0572 e. The van der Waals surface area contributed by atoms with Crippen molar-refractivity contribution in [2.45, 2.75) is 55.7 Å². The van der Waals surface area contributed by atoms with Gasteiger partial charge in [-0.05, 0) is 56.6 Å². The van der Waals surface area contributed by atoms with Crippen LogP contribution in [0.15, 0.2) is 29.2 Å². The Morgan fingerprint density at radius 2 is 1.79 bits per heavy atom. The van der Waals surface area contributed by atoms with Crippen molar-refractivity contribution in [1.29, 1.82) is 0 Å². The van der Waals surface area contributed by atoms with Crippen molar-refractivity contribution in [3.05, 3.63) is 29.8 Å². The third kappa shape index (κ3) is 4.23. The lowest BCUT2D eigenvalue weighted by atomic mass is 9.92. The van der Waals surface area contributed by atoms with Crippen molar-refractivity contribution in [3.63, 3.8) is 0 Å². The molecule has 19 heavy (non-hydrogen) atoms. The number of benzene rings is 1. The van der Waals surface area contributed by atoms with Crippen LogP contribution in [0.1, 0.15) is 44.2 Å². The number of hydrogen-bond acceptors (Lipinski definition) is 3. The standard InChI is InChI=1S/C16H25NOS/c1-12(13-4-10-16(19-3)11-5-13)17-14-6-8-15(18-2)9-7-14/h4-5,10-12,14-15,17H,6-9H2,1-3H3. The molecule has 0 aromatic heterocycles. The van der Waals surface area contributed by atoms with Crippen molar-refractivity contribution in [3.8, 4) is 0 Å². The zero-order valence-corrected chi connectivity index (χ0v) is 13.0. The quantitative estimate of drug-likeness (QED) is 0.823. The molecule has 0 aliphatic heterocycles. The summed E-state index contributed by atoms with van der Waals surface area (Å²) in [6.07, 6.45) is 7.43. The summed E-state index contributed by atoms with van der Waals surface area (Å²) < 4.78 is 5.42. The minimum Gasteiger partial charge on any atom is -0.381 e. The van der Waals surface area contributed by atoms with E-state index in [9.17, 15) is 0 Å². The molecule has 2 rings (SSSR count). The molecule has 0 amide bonds. The second-order valence-electron chi connectivity index (χ2n) is 5.37. The van der Waals surface area contributed by atoms with E-state index in [0.29, 0.717) is 18.2 Å². The average Bonchev–Trinajstić information content (AvgIpc) is 2.48. The number of methoxy groups -OCH3 is 1. The summed E-state index contributed by atoms with van der Waals surface area (Å²) in [5, 5.41) is 3.75. The van der Waals surface area contributed by atoms with E-state index < -0.39 is 0 Å². The normalized spacial score (nSPS) is 25.2. The van der Waals surface area contributed by atoms with E-state index in [-0.39, 0.29) is 0 Å². The van der Waals surface area contributed by atoms with Crippen molar-refractivity contribution in [1.82, 2.24) is 5.32 Å². The van der Waals surface area contributed by atoms with Gasteiger partial charge in [-0.15, -0.1) is 11.8 Å². The van der Waals surface area contributed by atoms with E-state index in [1.807, 2.05) is 7.11 Å². The highest BCUT2D eigenvalue weighted by Crippen LogP contribution is 2.24. The summed E-state index contributed by atoms with van der Waals surface area (Å²) >= 11 is 1.79. The number of thioether (sulfide) groups is 1. The lowest BCUT2D eigenvalue weighted by molar-refractivity contribution is 0.0614. The molecule has 0 heterocycles. The molecule has 0 saturated heterocycles. The first kappa shape index (κ1) is 14.9. The van der Waals surface area contributed by atoms with Gasteiger partial charge in [0.1, 0.15) is 0 Å². The molecule has 3 heteroatoms. The summed E-state index contributed by atoms with van der Waals surface area (Å²) in [5.74, 6) is 0. The average molecular weight is 279 g/mol. The first-order valence-corrected chi connectivity index (χ1v) is 8.38. The first-order chi connectivity index (χ1) is 9.22. The molecule has 1 atom stereocenters. The van der Waals surface area contributed by atoms with Gasteiger partial charge in [-0.2, -0.15) is 0 Å². The molecule has 1 aromatic carbocycles. The fourth-order valence-corrected chi connectivity index (χ4v) is 3.22. The summed E-state index contributed by atoms with van der Waals surface area (Å²) in [6, 6.07) is 9.97. The Balaban J connectivity index is 1.85. The van der Waals surface area contributed by atoms with E-state index in [2.05, 4.69) is 42.8 Å². The van der Waals surface area contributed by atoms with E-state index in [1.54, 1.807) is 11.8 Å². The number of ether oxygens (including phenoxy) is 1. The van der Waals surface area contributed by atoms with Crippen LogP contribution in [0.4, 0.5) is 0 Å². The molecule has 1 aliphatic carbocycles. The Hall–Kier alpha value is -0.510. The summed E-state index contributed by atoms with van der Waals surface area (Å²) in [5.41, 5.74) is 1.38. The van der Waals surface area contributed by atoms with Crippen LogP contribution in [0.25, 0.3) is 0 Å². The summed E-state index contributed by atoms with van der Waals surface area (Å²) in [6.45, 7) is 2.26. The highest BCUT2D eigenvalue weighted by atomic mass is 32.2. The Morgan fingerprint density at radius 3 is 2.32 bits per heavy atom. The van der Waals surface area contributed by atoms with Crippen molar-refractivity contribution in [2.24, 2.45) is 0 Å². The second-order valence-corrected chi connectivity index (χ2v) is 6.25. The van der Waals surface area contributed by atoms with E-state index in [1.165, 1.54) is 36.1 Å². The van der Waals surface area contributed by atoms with Gasteiger partial charge < -0.3 is 10.1 Å². The number of hydrogen-bond donors (Lipinski definition) is 1. The van der Waals surface area contributed by atoms with Crippen LogP contribution in [0.2, 0.25) is 0 Å². The van der Waals surface area contributed by atoms with Crippen molar-refractivity contribution < 1.29 is 4.74 Å². The molecule has 0 bridgehead atoms. The van der Waals surface area contributed by atoms with Crippen LogP contribution in [0.3, 0.4) is 0 Å². The fourth-order valence-electron chi connectivity index (χ4n) is 2.81. The van der Waals surface area contributed by atoms with Crippen LogP contribution < -0.4 is 5.32 Å². The highest BCUT2D eigenvalue weighted by Gasteiger charge is 2.22. The third-order valence-electron chi connectivity index (χ3n) is 4.11. The SMILES string of the molecule is COC1CCC(NC(C)c2ccc(SC)cc2)CC1. The minimum atomic E-state index is 0.431. The molecule has 106 valence electrons. The fraction of sp³-hybridized carbons (Fsp3) is 0.625. The maximum atomic E-state index is 5.42. The lowest BCUT2D eigenvalue weighted by Crippen LogP contribution is -2.36. The molecular weight excluding hydrogens is 254 g/mol. The molecule has 1 unspecified atom stereocenters. The van der Waals surface area contributed by atoms with Gasteiger partial charge in [0.15, 0.2) is 0 Å². The molecule has 1 saturated carbocycles. The van der Waals surface area contributed by atoms with Gasteiger partial charge in [-0.25, -0.2) is 0 Å². The molecular formula is C16H25NOS. The molecule has 0 spiro atoms. The minimum absolute atomic E-state index is 0.431. The van der Waals surface area contributed by atoms with Gasteiger partial charge in [0.05, 0.1) is 6.10 Å². The van der Waals surface area contributed by atoms with E-state index >= 15 is 0 Å². The number of rotatable bonds is 5. The third-order valence-corrected chi connectivity index (χ3v) is 4.85. The molecule has 1 aromatic rings. The van der Waals surface area contributed by atoms with Crippen LogP contribution in [-0.4, -0.2) is 25.5 Å². The number of nitrogens with one attached hydrogen (secondary N) is 1. The van der Waals surface area contributed by atoms with Gasteiger partial charge >= 0.3 is 0 Å². The van der Waals surface area contributed by atoms with Crippen molar-refractivity contribution in [2.75, 3.05) is 13.4 Å². The van der Waals surface area contributed by atoms with Crippen LogP contribution in [-0.2, 0) is 4.74 Å². The van der Waals surface area contributed by atoms with E-state index in [4.69, 9.17) is 4.74 Å². The maximum Gasteiger partial charge on any atom is 0.0572 e. The van der Waals surface area contributed by atoms with E-state index in [0.717, 1.165) is 0 Å². The Kier molecular flexibility index (Phi) is 5.74. The predicted octanol–water partition coefficient (Wildman–Crippen LogP) is 4.02. The van der Waals surface area contributed by atoms with Gasteiger partial charge in [0.25, 0.3) is 0 Å².